The Balaban J connectivity index is 1.99. The van der Waals surface area contributed by atoms with Crippen molar-refractivity contribution in [2.75, 3.05) is 5.32 Å². The summed E-state index contributed by atoms with van der Waals surface area (Å²) in [5.41, 5.74) is 2.11. The highest BCUT2D eigenvalue weighted by molar-refractivity contribution is 5.51. The van der Waals surface area contributed by atoms with Gasteiger partial charge in [0.05, 0.1) is 0 Å². The molecule has 2 atom stereocenters. The smallest absolute Gasteiger partial charge is 0.128 e. The zero-order valence-corrected chi connectivity index (χ0v) is 13.3. The highest BCUT2D eigenvalue weighted by Crippen LogP contribution is 2.37. The van der Waals surface area contributed by atoms with Crippen LogP contribution in [0.3, 0.4) is 0 Å². The average Bonchev–Trinajstić information content (AvgIpc) is 2.60. The Morgan fingerprint density at radius 2 is 1.85 bits per heavy atom. The lowest BCUT2D eigenvalue weighted by Crippen LogP contribution is -2.22. The summed E-state index contributed by atoms with van der Waals surface area (Å²) in [4.78, 5) is 0. The fraction of sp³-hybridized carbons (Fsp3) is 0.667. The van der Waals surface area contributed by atoms with E-state index < -0.39 is 0 Å². The van der Waals surface area contributed by atoms with E-state index in [0.717, 1.165) is 17.2 Å². The normalized spacial score (nSPS) is 24.2. The zero-order valence-electron chi connectivity index (χ0n) is 13.3. The van der Waals surface area contributed by atoms with Crippen molar-refractivity contribution in [3.8, 4) is 0 Å². The summed E-state index contributed by atoms with van der Waals surface area (Å²) in [6.07, 6.45) is 6.26. The lowest BCUT2D eigenvalue weighted by Gasteiger charge is -2.29. The minimum atomic E-state index is -0.115. The van der Waals surface area contributed by atoms with Crippen molar-refractivity contribution in [2.24, 2.45) is 11.3 Å². The molecule has 2 rings (SSSR count). The van der Waals surface area contributed by atoms with Crippen molar-refractivity contribution >= 4 is 5.69 Å². The van der Waals surface area contributed by atoms with E-state index in [1.807, 2.05) is 13.0 Å². The monoisotopic (exact) mass is 277 g/mol. The molecule has 2 heteroatoms. The van der Waals surface area contributed by atoms with Gasteiger partial charge in [-0.2, -0.15) is 0 Å². The molecule has 0 saturated heterocycles. The van der Waals surface area contributed by atoms with E-state index in [4.69, 9.17) is 0 Å². The Kier molecular flexibility index (Phi) is 4.72. The number of hydrogen-bond acceptors (Lipinski definition) is 1. The van der Waals surface area contributed by atoms with Gasteiger partial charge in [-0.15, -0.1) is 0 Å². The first kappa shape index (κ1) is 15.3. The number of anilines is 1. The number of benzene rings is 1. The molecule has 0 heterocycles. The largest absolute Gasteiger partial charge is 0.382 e. The fourth-order valence-corrected chi connectivity index (χ4v) is 3.30. The topological polar surface area (TPSA) is 12.0 Å². The zero-order chi connectivity index (χ0) is 14.8. The van der Waals surface area contributed by atoms with Crippen LogP contribution in [0.1, 0.15) is 58.4 Å². The van der Waals surface area contributed by atoms with E-state index in [0.29, 0.717) is 11.5 Å². The molecule has 112 valence electrons. The first-order valence-electron chi connectivity index (χ1n) is 7.89. The molecule has 20 heavy (non-hydrogen) atoms. The van der Waals surface area contributed by atoms with Gasteiger partial charge >= 0.3 is 0 Å². The molecule has 1 saturated carbocycles. The molecule has 2 unspecified atom stereocenters. The summed E-state index contributed by atoms with van der Waals surface area (Å²) < 4.78 is 13.6. The predicted molar refractivity (Wildman–Crippen MR) is 84.6 cm³/mol. The van der Waals surface area contributed by atoms with Gasteiger partial charge in [0, 0.05) is 17.3 Å². The Morgan fingerprint density at radius 1 is 1.10 bits per heavy atom. The molecule has 0 aliphatic heterocycles. The van der Waals surface area contributed by atoms with Crippen molar-refractivity contribution in [1.29, 1.82) is 0 Å². The highest BCUT2D eigenvalue weighted by atomic mass is 19.1. The van der Waals surface area contributed by atoms with Crippen LogP contribution < -0.4 is 5.32 Å². The van der Waals surface area contributed by atoms with Crippen molar-refractivity contribution < 1.29 is 4.39 Å². The van der Waals surface area contributed by atoms with Crippen molar-refractivity contribution in [3.63, 3.8) is 0 Å². The minimum absolute atomic E-state index is 0.115. The van der Waals surface area contributed by atoms with Gasteiger partial charge in [-0.25, -0.2) is 4.39 Å². The number of hydrogen-bond donors (Lipinski definition) is 1. The van der Waals surface area contributed by atoms with Gasteiger partial charge < -0.3 is 5.32 Å². The van der Waals surface area contributed by atoms with Crippen LogP contribution in [0.2, 0.25) is 0 Å². The summed E-state index contributed by atoms with van der Waals surface area (Å²) in [5, 5.41) is 3.56. The average molecular weight is 277 g/mol. The molecular weight excluding hydrogens is 249 g/mol. The van der Waals surface area contributed by atoms with Gasteiger partial charge in [0.25, 0.3) is 0 Å². The molecule has 1 aromatic carbocycles. The first-order valence-corrected chi connectivity index (χ1v) is 7.89. The second-order valence-electron chi connectivity index (χ2n) is 7.32. The third-order valence-electron chi connectivity index (χ3n) is 4.82. The van der Waals surface area contributed by atoms with Crippen LogP contribution in [0.25, 0.3) is 0 Å². The molecule has 1 fully saturated rings. The van der Waals surface area contributed by atoms with Gasteiger partial charge in [0.15, 0.2) is 0 Å². The van der Waals surface area contributed by atoms with Crippen LogP contribution in [-0.2, 0) is 0 Å². The molecule has 1 aliphatic carbocycles. The molecule has 1 aromatic rings. The third kappa shape index (κ3) is 3.74. The van der Waals surface area contributed by atoms with E-state index in [9.17, 15) is 4.39 Å². The quantitative estimate of drug-likeness (QED) is 0.700. The third-order valence-corrected chi connectivity index (χ3v) is 4.82. The van der Waals surface area contributed by atoms with E-state index in [2.05, 4.69) is 26.1 Å². The van der Waals surface area contributed by atoms with E-state index in [-0.39, 0.29) is 5.82 Å². The molecule has 0 radical (unpaired) electrons. The lowest BCUT2D eigenvalue weighted by molar-refractivity contribution is 0.214. The second kappa shape index (κ2) is 6.15. The van der Waals surface area contributed by atoms with E-state index >= 15 is 0 Å². The molecule has 0 aromatic heterocycles. The number of rotatable bonds is 2. The Labute approximate surface area is 123 Å². The van der Waals surface area contributed by atoms with Crippen LogP contribution in [0, 0.1) is 24.1 Å². The summed E-state index contributed by atoms with van der Waals surface area (Å²) in [6, 6.07) is 5.80. The Morgan fingerprint density at radius 3 is 2.55 bits per heavy atom. The predicted octanol–water partition coefficient (Wildman–Crippen LogP) is 5.54. The Hall–Kier alpha value is -1.05. The van der Waals surface area contributed by atoms with Gasteiger partial charge in [0.2, 0.25) is 0 Å². The molecular formula is C18H28FN. The van der Waals surface area contributed by atoms with Gasteiger partial charge in [-0.1, -0.05) is 33.3 Å². The van der Waals surface area contributed by atoms with Crippen LogP contribution in [0.4, 0.5) is 10.1 Å². The maximum atomic E-state index is 13.6. The Bertz CT molecular complexity index is 447. The van der Waals surface area contributed by atoms with E-state index in [1.54, 1.807) is 6.07 Å². The van der Waals surface area contributed by atoms with Crippen LogP contribution in [0.5, 0.6) is 0 Å². The summed E-state index contributed by atoms with van der Waals surface area (Å²) in [5.74, 6) is 0.694. The van der Waals surface area contributed by atoms with Gasteiger partial charge in [-0.3, -0.25) is 0 Å². The standard InChI is InChI=1S/C18H28FN/c1-13-16(19)9-6-10-17(13)20-15-8-5-7-14(11-12-15)18(2,3)4/h6,9-10,14-15,20H,5,7-8,11-12H2,1-4H3. The lowest BCUT2D eigenvalue weighted by atomic mass is 9.76. The van der Waals surface area contributed by atoms with Crippen molar-refractivity contribution in [2.45, 2.75) is 65.8 Å². The molecule has 1 nitrogen and oxygen atoms in total. The number of halogens is 1. The minimum Gasteiger partial charge on any atom is -0.382 e. The summed E-state index contributed by atoms with van der Waals surface area (Å²) in [6.45, 7) is 8.90. The molecule has 0 spiro atoms. The molecule has 0 amide bonds. The maximum Gasteiger partial charge on any atom is 0.128 e. The fourth-order valence-electron chi connectivity index (χ4n) is 3.30. The van der Waals surface area contributed by atoms with Gasteiger partial charge in [-0.05, 0) is 56.1 Å². The molecule has 1 aliphatic rings. The second-order valence-corrected chi connectivity index (χ2v) is 7.32. The first-order chi connectivity index (χ1) is 9.38. The van der Waals surface area contributed by atoms with E-state index in [1.165, 1.54) is 38.2 Å². The van der Waals surface area contributed by atoms with Crippen LogP contribution in [-0.4, -0.2) is 6.04 Å². The summed E-state index contributed by atoms with van der Waals surface area (Å²) in [7, 11) is 0. The van der Waals surface area contributed by atoms with Crippen LogP contribution >= 0.6 is 0 Å². The summed E-state index contributed by atoms with van der Waals surface area (Å²) >= 11 is 0. The molecule has 0 bridgehead atoms. The SMILES string of the molecule is Cc1c(F)cccc1NC1CCCC(C(C)(C)C)CC1. The maximum absolute atomic E-state index is 13.6. The molecule has 1 N–H and O–H groups in total. The number of nitrogens with one attached hydrogen (secondary N) is 1. The highest BCUT2D eigenvalue weighted by Gasteiger charge is 2.27. The van der Waals surface area contributed by atoms with Crippen LogP contribution in [0.15, 0.2) is 18.2 Å². The van der Waals surface area contributed by atoms with Crippen molar-refractivity contribution in [1.82, 2.24) is 0 Å². The van der Waals surface area contributed by atoms with Gasteiger partial charge in [0.1, 0.15) is 5.82 Å². The van der Waals surface area contributed by atoms with Crippen molar-refractivity contribution in [3.05, 3.63) is 29.6 Å².